The van der Waals surface area contributed by atoms with Crippen LogP contribution in [0.2, 0.25) is 0 Å². The van der Waals surface area contributed by atoms with Crippen LogP contribution in [0.5, 0.6) is 0 Å². The van der Waals surface area contributed by atoms with Crippen molar-refractivity contribution in [1.82, 2.24) is 15.0 Å². The van der Waals surface area contributed by atoms with Crippen molar-refractivity contribution in [2.75, 3.05) is 0 Å². The lowest BCUT2D eigenvalue weighted by Gasteiger charge is -2.10. The highest BCUT2D eigenvalue weighted by atomic mass is 32.1. The first-order valence-corrected chi connectivity index (χ1v) is 17.6. The first-order valence-electron chi connectivity index (χ1n) is 15.9. The Morgan fingerprint density at radius 2 is 0.896 bits per heavy atom. The van der Waals surface area contributed by atoms with Gasteiger partial charge >= 0.3 is 0 Å². The summed E-state index contributed by atoms with van der Waals surface area (Å²) >= 11 is 3.62. The molecule has 0 aliphatic heterocycles. The second-order valence-electron chi connectivity index (χ2n) is 12.0. The third-order valence-corrected chi connectivity index (χ3v) is 11.4. The number of rotatable bonds is 4. The molecule has 6 aromatic carbocycles. The Balaban J connectivity index is 1.04. The largest absolute Gasteiger partial charge is 0.235 e. The maximum Gasteiger partial charge on any atom is 0.160 e. The van der Waals surface area contributed by atoms with E-state index in [0.717, 1.165) is 60.8 Å². The summed E-state index contributed by atoms with van der Waals surface area (Å²) in [5.74, 6) is 0.726. The lowest BCUT2D eigenvalue weighted by atomic mass is 10.00. The molecule has 0 amide bonds. The Kier molecular flexibility index (Phi) is 6.22. The Morgan fingerprint density at radius 3 is 1.62 bits per heavy atom. The SMILES string of the molecule is c1ccc(-c2nc(-c3ccc(-c4ccc(-c5nc6sc7ccccc7c6c6c5sc5ccccc56)cc4)cc3)nc3ccccc23)cc1. The van der Waals surface area contributed by atoms with Gasteiger partial charge in [0.05, 0.1) is 21.6 Å². The number of fused-ring (bicyclic) bond motifs is 8. The summed E-state index contributed by atoms with van der Waals surface area (Å²) in [7, 11) is 0. The maximum absolute atomic E-state index is 5.32. The molecule has 0 aliphatic carbocycles. The number of para-hydroxylation sites is 1. The first-order chi connectivity index (χ1) is 23.8. The van der Waals surface area contributed by atoms with E-state index in [0.29, 0.717) is 0 Å². The third-order valence-electron chi connectivity index (χ3n) is 9.14. The molecule has 5 heteroatoms. The van der Waals surface area contributed by atoms with Gasteiger partial charge in [-0.1, -0.05) is 133 Å². The minimum absolute atomic E-state index is 0.726. The highest BCUT2D eigenvalue weighted by Gasteiger charge is 2.19. The average Bonchev–Trinajstić information content (AvgIpc) is 3.73. The molecule has 0 atom stereocenters. The molecule has 0 aliphatic rings. The molecular formula is C43H25N3S2. The summed E-state index contributed by atoms with van der Waals surface area (Å²) in [6, 6.07) is 53.4. The van der Waals surface area contributed by atoms with E-state index in [1.54, 1.807) is 11.3 Å². The van der Waals surface area contributed by atoms with Crippen LogP contribution in [-0.2, 0) is 0 Å². The third kappa shape index (κ3) is 4.36. The summed E-state index contributed by atoms with van der Waals surface area (Å²) in [6.45, 7) is 0. The van der Waals surface area contributed by atoms with E-state index in [1.165, 1.54) is 35.6 Å². The van der Waals surface area contributed by atoms with E-state index in [2.05, 4.69) is 133 Å². The number of aromatic nitrogens is 3. The van der Waals surface area contributed by atoms with E-state index in [9.17, 15) is 0 Å². The highest BCUT2D eigenvalue weighted by Crippen LogP contribution is 2.47. The molecule has 224 valence electrons. The van der Waals surface area contributed by atoms with Gasteiger partial charge in [0, 0.05) is 53.0 Å². The topological polar surface area (TPSA) is 38.7 Å². The second-order valence-corrected chi connectivity index (χ2v) is 14.1. The number of hydrogen-bond donors (Lipinski definition) is 0. The minimum atomic E-state index is 0.726. The number of pyridine rings is 1. The van der Waals surface area contributed by atoms with Crippen molar-refractivity contribution in [1.29, 1.82) is 0 Å². The van der Waals surface area contributed by atoms with Crippen LogP contribution >= 0.6 is 22.7 Å². The van der Waals surface area contributed by atoms with Gasteiger partial charge in [0.15, 0.2) is 5.82 Å². The summed E-state index contributed by atoms with van der Waals surface area (Å²) in [6.07, 6.45) is 0. The van der Waals surface area contributed by atoms with Gasteiger partial charge in [-0.3, -0.25) is 0 Å². The standard InChI is InChI=1S/C43H25N3S2/c1-2-10-28(11-3-1)39-31-12-4-7-15-34(31)44-42(45-39)30-24-20-27(21-25-30)26-18-22-29(23-19-26)40-41-37(32-13-5-8-16-35(32)47-41)38-33-14-6-9-17-36(33)48-43(38)46-40/h1-25H. The van der Waals surface area contributed by atoms with E-state index in [4.69, 9.17) is 15.0 Å². The fraction of sp³-hybridized carbons (Fsp3) is 0. The second kappa shape index (κ2) is 10.9. The fourth-order valence-corrected chi connectivity index (χ4v) is 9.12. The zero-order valence-electron chi connectivity index (χ0n) is 25.6. The Bertz CT molecular complexity index is 2820. The minimum Gasteiger partial charge on any atom is -0.235 e. The van der Waals surface area contributed by atoms with Crippen LogP contribution in [0.1, 0.15) is 0 Å². The van der Waals surface area contributed by atoms with Gasteiger partial charge in [0.2, 0.25) is 0 Å². The van der Waals surface area contributed by atoms with Crippen molar-refractivity contribution in [3.8, 4) is 45.0 Å². The van der Waals surface area contributed by atoms with Crippen LogP contribution in [-0.4, -0.2) is 15.0 Å². The molecule has 0 saturated heterocycles. The molecule has 48 heavy (non-hydrogen) atoms. The van der Waals surface area contributed by atoms with Gasteiger partial charge in [-0.05, 0) is 29.3 Å². The van der Waals surface area contributed by atoms with Gasteiger partial charge in [0.1, 0.15) is 4.83 Å². The molecule has 0 radical (unpaired) electrons. The van der Waals surface area contributed by atoms with E-state index < -0.39 is 0 Å². The van der Waals surface area contributed by atoms with Crippen molar-refractivity contribution in [3.05, 3.63) is 152 Å². The lowest BCUT2D eigenvalue weighted by Crippen LogP contribution is -1.95. The van der Waals surface area contributed by atoms with E-state index in [1.807, 2.05) is 29.5 Å². The summed E-state index contributed by atoms with van der Waals surface area (Å²) in [5, 5.41) is 6.24. The zero-order chi connectivity index (χ0) is 31.6. The highest BCUT2D eigenvalue weighted by molar-refractivity contribution is 7.28. The molecule has 4 aromatic heterocycles. The Morgan fingerprint density at radius 1 is 0.354 bits per heavy atom. The van der Waals surface area contributed by atoms with Crippen molar-refractivity contribution < 1.29 is 0 Å². The molecule has 0 saturated carbocycles. The molecule has 0 fully saturated rings. The molecule has 0 spiro atoms. The van der Waals surface area contributed by atoms with Crippen LogP contribution in [0.4, 0.5) is 0 Å². The van der Waals surface area contributed by atoms with Crippen LogP contribution < -0.4 is 0 Å². The predicted octanol–water partition coefficient (Wildman–Crippen LogP) is 12.4. The quantitative estimate of drug-likeness (QED) is 0.191. The summed E-state index contributed by atoms with van der Waals surface area (Å²) in [4.78, 5) is 16.4. The molecule has 0 N–H and O–H groups in total. The molecule has 3 nitrogen and oxygen atoms in total. The van der Waals surface area contributed by atoms with Crippen LogP contribution in [0.15, 0.2) is 152 Å². The Labute approximate surface area is 284 Å². The van der Waals surface area contributed by atoms with Gasteiger partial charge < -0.3 is 0 Å². The zero-order valence-corrected chi connectivity index (χ0v) is 27.2. The van der Waals surface area contributed by atoms with Gasteiger partial charge in [-0.25, -0.2) is 15.0 Å². The fourth-order valence-electron chi connectivity index (χ4n) is 6.82. The van der Waals surface area contributed by atoms with Crippen molar-refractivity contribution >= 4 is 74.1 Å². The molecule has 10 rings (SSSR count). The van der Waals surface area contributed by atoms with E-state index in [-0.39, 0.29) is 0 Å². The predicted molar refractivity (Wildman–Crippen MR) is 205 cm³/mol. The van der Waals surface area contributed by atoms with Crippen molar-refractivity contribution in [3.63, 3.8) is 0 Å². The summed E-state index contributed by atoms with van der Waals surface area (Å²) in [5.41, 5.74) is 8.45. The molecule has 0 unspecified atom stereocenters. The maximum atomic E-state index is 5.32. The number of benzene rings is 6. The molecule has 0 bridgehead atoms. The normalized spacial score (nSPS) is 11.8. The first kappa shape index (κ1) is 27.4. The van der Waals surface area contributed by atoms with Gasteiger partial charge in [0.25, 0.3) is 0 Å². The average molecular weight is 648 g/mol. The van der Waals surface area contributed by atoms with Gasteiger partial charge in [-0.2, -0.15) is 0 Å². The van der Waals surface area contributed by atoms with Crippen molar-refractivity contribution in [2.45, 2.75) is 0 Å². The van der Waals surface area contributed by atoms with Crippen LogP contribution in [0.25, 0.3) is 96.4 Å². The monoisotopic (exact) mass is 647 g/mol. The smallest absolute Gasteiger partial charge is 0.160 e. The van der Waals surface area contributed by atoms with Crippen LogP contribution in [0, 0.1) is 0 Å². The van der Waals surface area contributed by atoms with Crippen molar-refractivity contribution in [2.24, 2.45) is 0 Å². The Hall–Kier alpha value is -5.75. The summed E-state index contributed by atoms with van der Waals surface area (Å²) < 4.78 is 3.81. The molecule has 10 aromatic rings. The number of thiophene rings is 2. The molecule has 4 heterocycles. The van der Waals surface area contributed by atoms with Crippen LogP contribution in [0.3, 0.4) is 0 Å². The van der Waals surface area contributed by atoms with E-state index >= 15 is 0 Å². The van der Waals surface area contributed by atoms with Gasteiger partial charge in [-0.15, -0.1) is 22.7 Å². The lowest BCUT2D eigenvalue weighted by molar-refractivity contribution is 1.23. The number of hydrogen-bond acceptors (Lipinski definition) is 5. The molecular weight excluding hydrogens is 623 g/mol. The number of nitrogens with zero attached hydrogens (tertiary/aromatic N) is 3.